The Morgan fingerprint density at radius 2 is 2.18 bits per heavy atom. The Bertz CT molecular complexity index is 304. The monoisotopic (exact) mass is 244 g/mol. The van der Waals surface area contributed by atoms with Crippen molar-refractivity contribution in [3.05, 3.63) is 0 Å². The fourth-order valence-electron chi connectivity index (χ4n) is 1.80. The van der Waals surface area contributed by atoms with Crippen LogP contribution in [0.1, 0.15) is 27.2 Å². The molecule has 1 unspecified atom stereocenters. The van der Waals surface area contributed by atoms with Crippen LogP contribution in [0.3, 0.4) is 0 Å². The normalized spacial score (nSPS) is 20.8. The van der Waals surface area contributed by atoms with Gasteiger partial charge in [-0.05, 0) is 20.8 Å². The number of carboxylic acid groups (broad SMARTS) is 1. The molecule has 6 nitrogen and oxygen atoms in total. The molecule has 1 saturated heterocycles. The number of nitrogens with one attached hydrogen (secondary N) is 1. The Kier molecular flexibility index (Phi) is 4.34. The van der Waals surface area contributed by atoms with E-state index in [0.29, 0.717) is 19.7 Å². The van der Waals surface area contributed by atoms with E-state index in [1.807, 2.05) is 13.8 Å². The van der Waals surface area contributed by atoms with Gasteiger partial charge in [-0.3, -0.25) is 4.79 Å². The molecule has 1 aliphatic heterocycles. The lowest BCUT2D eigenvalue weighted by Crippen LogP contribution is -2.54. The maximum Gasteiger partial charge on any atom is 0.317 e. The van der Waals surface area contributed by atoms with Crippen LogP contribution in [0.5, 0.6) is 0 Å². The van der Waals surface area contributed by atoms with Crippen molar-refractivity contribution in [2.45, 2.75) is 38.8 Å². The summed E-state index contributed by atoms with van der Waals surface area (Å²) >= 11 is 0. The van der Waals surface area contributed by atoms with Crippen LogP contribution in [-0.2, 0) is 9.53 Å². The third kappa shape index (κ3) is 4.60. The maximum atomic E-state index is 11.8. The Balaban J connectivity index is 2.44. The molecule has 0 saturated carbocycles. The highest BCUT2D eigenvalue weighted by molar-refractivity contribution is 5.76. The van der Waals surface area contributed by atoms with Gasteiger partial charge in [0.2, 0.25) is 0 Å². The first-order valence-corrected chi connectivity index (χ1v) is 5.71. The highest BCUT2D eigenvalue weighted by atomic mass is 16.5. The quantitative estimate of drug-likeness (QED) is 0.764. The van der Waals surface area contributed by atoms with E-state index < -0.39 is 5.97 Å². The first kappa shape index (κ1) is 13.8. The predicted octanol–water partition coefficient (Wildman–Crippen LogP) is 0.670. The highest BCUT2D eigenvalue weighted by Gasteiger charge is 2.30. The lowest BCUT2D eigenvalue weighted by Gasteiger charge is -2.38. The molecule has 1 rings (SSSR count). The molecular weight excluding hydrogens is 224 g/mol. The molecule has 1 heterocycles. The van der Waals surface area contributed by atoms with E-state index in [1.165, 1.54) is 0 Å². The molecule has 1 fully saturated rings. The number of hydrogen-bond donors (Lipinski definition) is 2. The molecule has 2 N–H and O–H groups in total. The van der Waals surface area contributed by atoms with Crippen LogP contribution in [0.25, 0.3) is 0 Å². The minimum absolute atomic E-state index is 0.0700. The minimum Gasteiger partial charge on any atom is -0.481 e. The first-order valence-electron chi connectivity index (χ1n) is 5.71. The van der Waals surface area contributed by atoms with Gasteiger partial charge in [-0.1, -0.05) is 0 Å². The van der Waals surface area contributed by atoms with E-state index in [-0.39, 0.29) is 24.1 Å². The van der Waals surface area contributed by atoms with Crippen LogP contribution < -0.4 is 5.32 Å². The topological polar surface area (TPSA) is 78.9 Å². The van der Waals surface area contributed by atoms with Crippen molar-refractivity contribution in [1.82, 2.24) is 10.2 Å². The summed E-state index contributed by atoms with van der Waals surface area (Å²) in [5, 5.41) is 11.3. The van der Waals surface area contributed by atoms with Gasteiger partial charge in [0.25, 0.3) is 0 Å². The fraction of sp³-hybridized carbons (Fsp3) is 0.818. The standard InChI is InChI=1S/C11H20N2O4/c1-8(6-9(14)15)12-10(16)13-4-5-17-11(2,3)7-13/h8H,4-7H2,1-3H3,(H,12,16)(H,14,15). The molecule has 0 aliphatic carbocycles. The highest BCUT2D eigenvalue weighted by Crippen LogP contribution is 2.16. The third-order valence-corrected chi connectivity index (χ3v) is 2.56. The Labute approximate surface area is 101 Å². The summed E-state index contributed by atoms with van der Waals surface area (Å²) in [6.07, 6.45) is -0.0700. The van der Waals surface area contributed by atoms with Gasteiger partial charge >= 0.3 is 12.0 Å². The summed E-state index contributed by atoms with van der Waals surface area (Å²) in [5.41, 5.74) is -0.342. The molecule has 98 valence electrons. The van der Waals surface area contributed by atoms with Gasteiger partial charge in [0.1, 0.15) is 0 Å². The second-order valence-electron chi connectivity index (χ2n) is 4.98. The summed E-state index contributed by atoms with van der Waals surface area (Å²) < 4.78 is 5.50. The number of carbonyl (C=O) groups excluding carboxylic acids is 1. The molecule has 0 bridgehead atoms. The van der Waals surface area contributed by atoms with Gasteiger partial charge in [0.05, 0.1) is 25.2 Å². The largest absolute Gasteiger partial charge is 0.481 e. The zero-order chi connectivity index (χ0) is 13.1. The van der Waals surface area contributed by atoms with Gasteiger partial charge in [-0.2, -0.15) is 0 Å². The molecule has 0 aromatic carbocycles. The van der Waals surface area contributed by atoms with Crippen molar-refractivity contribution in [3.63, 3.8) is 0 Å². The number of ether oxygens (including phenoxy) is 1. The Morgan fingerprint density at radius 1 is 1.53 bits per heavy atom. The van der Waals surface area contributed by atoms with Crippen molar-refractivity contribution in [2.24, 2.45) is 0 Å². The second kappa shape index (κ2) is 5.35. The van der Waals surface area contributed by atoms with E-state index in [4.69, 9.17) is 9.84 Å². The molecule has 17 heavy (non-hydrogen) atoms. The van der Waals surface area contributed by atoms with Gasteiger partial charge < -0.3 is 20.1 Å². The van der Waals surface area contributed by atoms with Crippen LogP contribution in [0, 0.1) is 0 Å². The predicted molar refractivity (Wildman–Crippen MR) is 61.9 cm³/mol. The molecule has 0 radical (unpaired) electrons. The molecule has 0 aromatic rings. The number of urea groups is 1. The zero-order valence-electron chi connectivity index (χ0n) is 10.5. The molecule has 0 aromatic heterocycles. The second-order valence-corrected chi connectivity index (χ2v) is 4.98. The number of amides is 2. The number of morpholine rings is 1. The average Bonchev–Trinajstić information content (AvgIpc) is 2.14. The first-order chi connectivity index (χ1) is 7.80. The van der Waals surface area contributed by atoms with Crippen molar-refractivity contribution >= 4 is 12.0 Å². The lowest BCUT2D eigenvalue weighted by molar-refractivity contribution is -0.137. The number of hydrogen-bond acceptors (Lipinski definition) is 3. The number of carboxylic acids is 1. The van der Waals surface area contributed by atoms with Crippen LogP contribution in [0.4, 0.5) is 4.79 Å². The summed E-state index contributed by atoms with van der Waals surface area (Å²) in [6.45, 7) is 7.08. The maximum absolute atomic E-state index is 11.8. The SMILES string of the molecule is CC(CC(=O)O)NC(=O)N1CCOC(C)(C)C1. The summed E-state index contributed by atoms with van der Waals surface area (Å²) in [5.74, 6) is -0.917. The van der Waals surface area contributed by atoms with Gasteiger partial charge in [-0.15, -0.1) is 0 Å². The summed E-state index contributed by atoms with van der Waals surface area (Å²) in [4.78, 5) is 24.0. The van der Waals surface area contributed by atoms with E-state index in [9.17, 15) is 9.59 Å². The molecule has 0 spiro atoms. The molecule has 2 amide bonds. The minimum atomic E-state index is -0.917. The number of aliphatic carboxylic acids is 1. The van der Waals surface area contributed by atoms with Crippen molar-refractivity contribution < 1.29 is 19.4 Å². The Morgan fingerprint density at radius 3 is 2.71 bits per heavy atom. The van der Waals surface area contributed by atoms with E-state index in [1.54, 1.807) is 11.8 Å². The fourth-order valence-corrected chi connectivity index (χ4v) is 1.80. The lowest BCUT2D eigenvalue weighted by atomic mass is 10.1. The molecule has 6 heteroatoms. The van der Waals surface area contributed by atoms with Crippen molar-refractivity contribution in [2.75, 3.05) is 19.7 Å². The van der Waals surface area contributed by atoms with Crippen molar-refractivity contribution in [1.29, 1.82) is 0 Å². The Hall–Kier alpha value is -1.30. The molecule has 1 aliphatic rings. The van der Waals surface area contributed by atoms with Crippen LogP contribution in [0.15, 0.2) is 0 Å². The van der Waals surface area contributed by atoms with Crippen LogP contribution in [-0.4, -0.2) is 53.3 Å². The number of nitrogens with zero attached hydrogens (tertiary/aromatic N) is 1. The van der Waals surface area contributed by atoms with Crippen molar-refractivity contribution in [3.8, 4) is 0 Å². The van der Waals surface area contributed by atoms with Gasteiger partial charge in [0, 0.05) is 12.6 Å². The van der Waals surface area contributed by atoms with Gasteiger partial charge in [0.15, 0.2) is 0 Å². The number of carbonyl (C=O) groups is 2. The smallest absolute Gasteiger partial charge is 0.317 e. The van der Waals surface area contributed by atoms with Crippen LogP contribution in [0.2, 0.25) is 0 Å². The molecule has 1 atom stereocenters. The van der Waals surface area contributed by atoms with E-state index >= 15 is 0 Å². The van der Waals surface area contributed by atoms with E-state index in [2.05, 4.69) is 5.32 Å². The zero-order valence-corrected chi connectivity index (χ0v) is 10.5. The number of rotatable bonds is 3. The molecular formula is C11H20N2O4. The summed E-state index contributed by atoms with van der Waals surface area (Å²) in [7, 11) is 0. The van der Waals surface area contributed by atoms with E-state index in [0.717, 1.165) is 0 Å². The third-order valence-electron chi connectivity index (χ3n) is 2.56. The van der Waals surface area contributed by atoms with Crippen LogP contribution >= 0.6 is 0 Å². The van der Waals surface area contributed by atoms with Gasteiger partial charge in [-0.25, -0.2) is 4.79 Å². The summed E-state index contributed by atoms with van der Waals surface area (Å²) in [6, 6.07) is -0.596. The average molecular weight is 244 g/mol.